The summed E-state index contributed by atoms with van der Waals surface area (Å²) in [5.74, 6) is -0.335. The van der Waals surface area contributed by atoms with Gasteiger partial charge in [0.1, 0.15) is 36.6 Å². The molecule has 6 unspecified atom stereocenters. The van der Waals surface area contributed by atoms with Gasteiger partial charge in [0.2, 0.25) is 5.91 Å². The average molecular weight is 934 g/mol. The minimum Gasteiger partial charge on any atom is -0.387 e. The van der Waals surface area contributed by atoms with Gasteiger partial charge in [-0.1, -0.05) is 238 Å². The first kappa shape index (κ1) is 61.1. The zero-order valence-electron chi connectivity index (χ0n) is 40.9. The lowest BCUT2D eigenvalue weighted by Gasteiger charge is -2.41. The van der Waals surface area contributed by atoms with Gasteiger partial charge < -0.3 is 40.8 Å². The van der Waals surface area contributed by atoms with E-state index in [1.165, 1.54) is 180 Å². The van der Waals surface area contributed by atoms with E-state index in [-0.39, 0.29) is 12.3 Å². The van der Waals surface area contributed by atoms with Gasteiger partial charge in [0.15, 0.2) is 0 Å². The number of unbranched alkanes of at least 4 members (excludes halogenated alkanes) is 34. The number of aliphatic hydroxyl groups is 6. The second-order valence-corrected chi connectivity index (χ2v) is 20.5. The van der Waals surface area contributed by atoms with Crippen LogP contribution in [0.25, 0.3) is 0 Å². The summed E-state index contributed by atoms with van der Waals surface area (Å²) in [6.45, 7) is 3.88. The largest absolute Gasteiger partial charge is 0.472 e. The molecule has 0 radical (unpaired) electrons. The summed E-state index contributed by atoms with van der Waals surface area (Å²) < 4.78 is 23.0. The molecule has 380 valence electrons. The van der Waals surface area contributed by atoms with Gasteiger partial charge in [0.25, 0.3) is 0 Å². The minimum absolute atomic E-state index is 0.219. The lowest BCUT2D eigenvalue weighted by Crippen LogP contribution is -2.64. The zero-order chi connectivity index (χ0) is 47.1. The summed E-state index contributed by atoms with van der Waals surface area (Å²) in [5, 5.41) is 64.2. The Hall–Kier alpha value is -0.920. The monoisotopic (exact) mass is 934 g/mol. The van der Waals surface area contributed by atoms with Gasteiger partial charge in [-0.15, -0.1) is 0 Å². The summed E-state index contributed by atoms with van der Waals surface area (Å²) in [5.41, 5.74) is 0. The Bertz CT molecular complexity index is 1130. The van der Waals surface area contributed by atoms with Crippen molar-refractivity contribution >= 4 is 13.7 Å². The van der Waals surface area contributed by atoms with Crippen LogP contribution in [0.5, 0.6) is 0 Å². The molecule has 1 aliphatic carbocycles. The molecule has 9 atom stereocenters. The van der Waals surface area contributed by atoms with Crippen LogP contribution in [0.15, 0.2) is 12.2 Å². The van der Waals surface area contributed by atoms with E-state index in [1.807, 2.05) is 6.08 Å². The van der Waals surface area contributed by atoms with Crippen LogP contribution in [0.4, 0.5) is 0 Å². The standard InChI is InChI=1S/C51H100NO11P/c1-3-5-7-9-11-13-15-17-19-21-22-23-25-27-29-31-33-35-37-39-41-45(54)52-43(42-62-64(60,61)63-51-49(58)47(56)46(55)48(57)50(51)59)44(53)40-38-36-34-32-30-28-26-24-20-18-16-14-12-10-8-6-4-2/h38,40,43-44,46-51,53,55-59H,3-37,39,41-42H2,1-2H3,(H,52,54)(H,60,61)/b40-38+/t43-,44+,46?,47+,48?,49?,50?,51?/m0/s1. The lowest BCUT2D eigenvalue weighted by atomic mass is 9.85. The molecular weight excluding hydrogens is 834 g/mol. The van der Waals surface area contributed by atoms with Crippen molar-refractivity contribution in [2.75, 3.05) is 6.61 Å². The normalized spacial score (nSPS) is 22.2. The summed E-state index contributed by atoms with van der Waals surface area (Å²) in [6.07, 6.45) is 35.6. The molecule has 1 amide bonds. The number of carbonyl (C=O) groups is 1. The summed E-state index contributed by atoms with van der Waals surface area (Å²) >= 11 is 0. The number of rotatable bonds is 45. The van der Waals surface area contributed by atoms with E-state index in [2.05, 4.69) is 19.2 Å². The third-order valence-corrected chi connectivity index (χ3v) is 14.1. The molecule has 0 aromatic heterocycles. The first-order valence-corrected chi connectivity index (χ1v) is 28.1. The number of phosphoric ester groups is 1. The van der Waals surface area contributed by atoms with Gasteiger partial charge in [-0.05, 0) is 19.3 Å². The number of allylic oxidation sites excluding steroid dienone is 1. The van der Waals surface area contributed by atoms with E-state index in [4.69, 9.17) is 9.05 Å². The molecule has 0 saturated heterocycles. The topological polar surface area (TPSA) is 206 Å². The van der Waals surface area contributed by atoms with Crippen molar-refractivity contribution in [3.63, 3.8) is 0 Å². The second kappa shape index (κ2) is 41.1. The quantitative estimate of drug-likeness (QED) is 0.0164. The SMILES string of the molecule is CCCCCCCCCCCCCCCCC/C=C/[C@@H](O)[C@H](COP(=O)(O)OC1C(O)C(O)C(O)[C@@H](O)C1O)NC(=O)CCCCCCCCCCCCCCCCCCCCCC. The Balaban J connectivity index is 2.40. The van der Waals surface area contributed by atoms with Gasteiger partial charge in [-0.2, -0.15) is 0 Å². The highest BCUT2D eigenvalue weighted by Gasteiger charge is 2.51. The van der Waals surface area contributed by atoms with Gasteiger partial charge in [-0.3, -0.25) is 13.8 Å². The molecule has 8 N–H and O–H groups in total. The van der Waals surface area contributed by atoms with Crippen LogP contribution in [0.3, 0.4) is 0 Å². The first-order chi connectivity index (χ1) is 30.9. The molecule has 0 aromatic rings. The smallest absolute Gasteiger partial charge is 0.387 e. The summed E-state index contributed by atoms with van der Waals surface area (Å²) in [4.78, 5) is 23.5. The van der Waals surface area contributed by atoms with Gasteiger partial charge in [0.05, 0.1) is 18.8 Å². The fourth-order valence-corrected chi connectivity index (χ4v) is 9.70. The third kappa shape index (κ3) is 31.9. The molecule has 0 heterocycles. The zero-order valence-corrected chi connectivity index (χ0v) is 41.7. The highest BCUT2D eigenvalue weighted by molar-refractivity contribution is 7.47. The fourth-order valence-electron chi connectivity index (χ4n) is 8.73. The van der Waals surface area contributed by atoms with Gasteiger partial charge >= 0.3 is 7.82 Å². The van der Waals surface area contributed by atoms with Crippen molar-refractivity contribution in [1.29, 1.82) is 0 Å². The van der Waals surface area contributed by atoms with Crippen LogP contribution < -0.4 is 5.32 Å². The minimum atomic E-state index is -5.08. The Labute approximate surface area is 390 Å². The van der Waals surface area contributed by atoms with E-state index in [0.717, 1.165) is 44.9 Å². The number of carbonyl (C=O) groups excluding carboxylic acids is 1. The molecule has 0 aliphatic heterocycles. The van der Waals surface area contributed by atoms with Crippen LogP contribution in [0.2, 0.25) is 0 Å². The predicted molar refractivity (Wildman–Crippen MR) is 260 cm³/mol. The Morgan fingerprint density at radius 3 is 1.19 bits per heavy atom. The summed E-state index contributed by atoms with van der Waals surface area (Å²) in [7, 11) is -5.08. The fraction of sp³-hybridized carbons (Fsp3) is 0.941. The Morgan fingerprint density at radius 2 is 0.828 bits per heavy atom. The molecule has 1 aliphatic rings. The maximum atomic E-state index is 13.0. The molecular formula is C51H100NO11P. The second-order valence-electron chi connectivity index (χ2n) is 19.1. The molecule has 1 rings (SSSR count). The number of hydrogen-bond donors (Lipinski definition) is 8. The lowest BCUT2D eigenvalue weighted by molar-refractivity contribution is -0.220. The molecule has 1 fully saturated rings. The number of aliphatic hydroxyl groups excluding tert-OH is 6. The van der Waals surface area contributed by atoms with E-state index in [0.29, 0.717) is 6.42 Å². The van der Waals surface area contributed by atoms with Crippen molar-refractivity contribution in [2.24, 2.45) is 0 Å². The van der Waals surface area contributed by atoms with E-state index in [9.17, 15) is 44.9 Å². The highest BCUT2D eigenvalue weighted by Crippen LogP contribution is 2.47. The number of phosphoric acid groups is 1. The van der Waals surface area contributed by atoms with Crippen LogP contribution in [-0.2, 0) is 18.4 Å². The van der Waals surface area contributed by atoms with Crippen LogP contribution in [0, 0.1) is 0 Å². The van der Waals surface area contributed by atoms with Crippen molar-refractivity contribution in [3.05, 3.63) is 12.2 Å². The molecule has 0 aromatic carbocycles. The number of hydrogen-bond acceptors (Lipinski definition) is 10. The maximum Gasteiger partial charge on any atom is 0.472 e. The van der Waals surface area contributed by atoms with E-state index < -0.39 is 63.2 Å². The van der Waals surface area contributed by atoms with Crippen molar-refractivity contribution in [2.45, 2.75) is 300 Å². The molecule has 64 heavy (non-hydrogen) atoms. The van der Waals surface area contributed by atoms with Crippen molar-refractivity contribution < 1.29 is 53.9 Å². The number of amides is 1. The molecule has 0 spiro atoms. The predicted octanol–water partition coefficient (Wildman–Crippen LogP) is 11.2. The first-order valence-electron chi connectivity index (χ1n) is 26.6. The van der Waals surface area contributed by atoms with Crippen LogP contribution in [0.1, 0.15) is 251 Å². The van der Waals surface area contributed by atoms with Crippen molar-refractivity contribution in [1.82, 2.24) is 5.32 Å². The third-order valence-electron chi connectivity index (χ3n) is 13.1. The molecule has 0 bridgehead atoms. The van der Waals surface area contributed by atoms with Gasteiger partial charge in [0, 0.05) is 6.42 Å². The van der Waals surface area contributed by atoms with E-state index in [1.54, 1.807) is 6.08 Å². The Kier molecular flexibility index (Phi) is 39.2. The Morgan fingerprint density at radius 1 is 0.516 bits per heavy atom. The number of nitrogens with one attached hydrogen (secondary N) is 1. The maximum absolute atomic E-state index is 13.0. The molecule has 12 nitrogen and oxygen atoms in total. The van der Waals surface area contributed by atoms with Crippen LogP contribution >= 0.6 is 7.82 Å². The molecule has 1 saturated carbocycles. The van der Waals surface area contributed by atoms with E-state index >= 15 is 0 Å². The summed E-state index contributed by atoms with van der Waals surface area (Å²) in [6, 6.07) is -1.11. The highest BCUT2D eigenvalue weighted by atomic mass is 31.2. The van der Waals surface area contributed by atoms with Gasteiger partial charge in [-0.25, -0.2) is 4.57 Å². The van der Waals surface area contributed by atoms with Crippen LogP contribution in [-0.4, -0.2) is 96.8 Å². The van der Waals surface area contributed by atoms with Crippen molar-refractivity contribution in [3.8, 4) is 0 Å². The average Bonchev–Trinajstić information content (AvgIpc) is 3.28. The molecule has 13 heteroatoms.